The van der Waals surface area contributed by atoms with Crippen molar-refractivity contribution in [3.63, 3.8) is 0 Å². The van der Waals surface area contributed by atoms with E-state index in [1.54, 1.807) is 18.0 Å². The highest BCUT2D eigenvalue weighted by Crippen LogP contribution is 2.27. The van der Waals surface area contributed by atoms with E-state index in [-0.39, 0.29) is 5.52 Å². The van der Waals surface area contributed by atoms with Crippen molar-refractivity contribution in [2.45, 2.75) is 6.10 Å². The van der Waals surface area contributed by atoms with E-state index in [1.807, 2.05) is 0 Å². The second-order valence-corrected chi connectivity index (χ2v) is 6.06. The van der Waals surface area contributed by atoms with Crippen molar-refractivity contribution in [3.8, 4) is 0 Å². The molecule has 1 aliphatic heterocycles. The number of β-amino-alcohol motifs (C(OH)–C–C–N with tert-alkyl or cyclic N) is 1. The number of ether oxygens (including phenoxy) is 1. The molecule has 0 radical (unpaired) electrons. The molecule has 0 bridgehead atoms. The quantitative estimate of drug-likeness (QED) is 0.899. The van der Waals surface area contributed by atoms with Crippen LogP contribution in [0.25, 0.3) is 10.9 Å². The first-order valence-corrected chi connectivity index (χ1v) is 7.97. The molecule has 1 atom stereocenters. The van der Waals surface area contributed by atoms with E-state index in [2.05, 4.69) is 9.88 Å². The van der Waals surface area contributed by atoms with Gasteiger partial charge in [-0.3, -0.25) is 9.88 Å². The van der Waals surface area contributed by atoms with Crippen molar-refractivity contribution < 1.29 is 18.6 Å². The van der Waals surface area contributed by atoms with E-state index in [9.17, 15) is 13.9 Å². The molecule has 7 heteroatoms. The van der Waals surface area contributed by atoms with Crippen LogP contribution in [0, 0.1) is 11.6 Å². The molecule has 1 saturated heterocycles. The molecule has 24 heavy (non-hydrogen) atoms. The van der Waals surface area contributed by atoms with E-state index in [4.69, 9.17) is 4.74 Å². The molecular weight excluding hydrogens is 316 g/mol. The van der Waals surface area contributed by atoms with Crippen LogP contribution < -0.4 is 4.90 Å². The molecule has 1 N–H and O–H groups in total. The average molecular weight is 337 g/mol. The molecule has 0 spiro atoms. The van der Waals surface area contributed by atoms with Crippen LogP contribution in [-0.2, 0) is 4.74 Å². The molecule has 1 fully saturated rings. The molecule has 1 aliphatic rings. The fraction of sp³-hybridized carbons (Fsp3) is 0.471. The summed E-state index contributed by atoms with van der Waals surface area (Å²) >= 11 is 0. The molecule has 1 aromatic heterocycles. The van der Waals surface area contributed by atoms with Gasteiger partial charge in [-0.05, 0) is 12.1 Å². The highest BCUT2D eigenvalue weighted by Gasteiger charge is 2.18. The van der Waals surface area contributed by atoms with Gasteiger partial charge in [-0.2, -0.15) is 0 Å². The summed E-state index contributed by atoms with van der Waals surface area (Å²) in [7, 11) is 1.79. The second kappa shape index (κ2) is 7.38. The van der Waals surface area contributed by atoms with Crippen LogP contribution >= 0.6 is 0 Å². The predicted octanol–water partition coefficient (Wildman–Crippen LogP) is 1.64. The number of pyridine rings is 1. The number of anilines is 1. The van der Waals surface area contributed by atoms with Gasteiger partial charge in [0.2, 0.25) is 0 Å². The lowest BCUT2D eigenvalue weighted by Gasteiger charge is -2.30. The Bertz CT molecular complexity index is 708. The zero-order valence-electron chi connectivity index (χ0n) is 13.6. The summed E-state index contributed by atoms with van der Waals surface area (Å²) < 4.78 is 32.7. The maximum Gasteiger partial charge on any atom is 0.152 e. The topological polar surface area (TPSA) is 48.8 Å². The number of nitrogens with zero attached hydrogens (tertiary/aromatic N) is 3. The third-order valence-corrected chi connectivity index (χ3v) is 4.21. The molecule has 0 aliphatic carbocycles. The molecule has 1 aromatic carbocycles. The third kappa shape index (κ3) is 3.80. The van der Waals surface area contributed by atoms with E-state index >= 15 is 0 Å². The van der Waals surface area contributed by atoms with Gasteiger partial charge >= 0.3 is 0 Å². The Labute approximate surface area is 139 Å². The van der Waals surface area contributed by atoms with Crippen LogP contribution in [0.1, 0.15) is 0 Å². The highest BCUT2D eigenvalue weighted by molar-refractivity contribution is 5.91. The Morgan fingerprint density at radius 3 is 2.83 bits per heavy atom. The van der Waals surface area contributed by atoms with Gasteiger partial charge in [-0.15, -0.1) is 0 Å². The number of likely N-dealkylation sites (N-methyl/N-ethyl adjacent to an activating group) is 1. The lowest BCUT2D eigenvalue weighted by Crippen LogP contribution is -2.44. The van der Waals surface area contributed by atoms with Crippen molar-refractivity contribution in [2.75, 3.05) is 51.3 Å². The highest BCUT2D eigenvalue weighted by atomic mass is 19.1. The Balaban J connectivity index is 1.74. The van der Waals surface area contributed by atoms with Crippen molar-refractivity contribution in [1.82, 2.24) is 9.88 Å². The number of aliphatic hydroxyl groups excluding tert-OH is 1. The summed E-state index contributed by atoms with van der Waals surface area (Å²) in [6.07, 6.45) is 0.915. The van der Waals surface area contributed by atoms with E-state index in [0.29, 0.717) is 37.4 Å². The van der Waals surface area contributed by atoms with Crippen molar-refractivity contribution >= 4 is 16.6 Å². The van der Waals surface area contributed by atoms with Gasteiger partial charge in [-0.25, -0.2) is 8.78 Å². The maximum absolute atomic E-state index is 13.9. The zero-order chi connectivity index (χ0) is 17.1. The summed E-state index contributed by atoms with van der Waals surface area (Å²) in [5, 5.41) is 10.7. The predicted molar refractivity (Wildman–Crippen MR) is 88.2 cm³/mol. The number of fused-ring (bicyclic) bond motifs is 1. The first kappa shape index (κ1) is 17.0. The lowest BCUT2D eigenvalue weighted by molar-refractivity contribution is 0.0163. The summed E-state index contributed by atoms with van der Waals surface area (Å²) in [6, 6.07) is 3.79. The van der Waals surface area contributed by atoms with Gasteiger partial charge in [0.15, 0.2) is 5.82 Å². The third-order valence-electron chi connectivity index (χ3n) is 4.21. The molecule has 1 unspecified atom stereocenters. The first-order valence-electron chi connectivity index (χ1n) is 7.97. The number of halogens is 2. The fourth-order valence-electron chi connectivity index (χ4n) is 3.05. The number of benzene rings is 1. The molecule has 2 aromatic rings. The number of hydrogen-bond donors (Lipinski definition) is 1. The fourth-order valence-corrected chi connectivity index (χ4v) is 3.05. The Morgan fingerprint density at radius 2 is 2.08 bits per heavy atom. The molecule has 2 heterocycles. The second-order valence-electron chi connectivity index (χ2n) is 6.06. The largest absolute Gasteiger partial charge is 0.390 e. The van der Waals surface area contributed by atoms with Gasteiger partial charge in [0.05, 0.1) is 19.3 Å². The van der Waals surface area contributed by atoms with Gasteiger partial charge < -0.3 is 14.7 Å². The van der Waals surface area contributed by atoms with Crippen molar-refractivity contribution in [1.29, 1.82) is 0 Å². The van der Waals surface area contributed by atoms with Crippen LogP contribution in [0.4, 0.5) is 14.5 Å². The molecule has 0 amide bonds. The SMILES string of the molecule is CN(CC(O)CN1CCOCC1)c1ccnc2c(F)cc(F)cc12. The summed E-state index contributed by atoms with van der Waals surface area (Å²) in [4.78, 5) is 7.93. The van der Waals surface area contributed by atoms with Crippen LogP contribution in [-0.4, -0.2) is 67.5 Å². The van der Waals surface area contributed by atoms with Crippen molar-refractivity contribution in [3.05, 3.63) is 36.0 Å². The number of aliphatic hydroxyl groups is 1. The van der Waals surface area contributed by atoms with E-state index in [1.165, 1.54) is 12.3 Å². The van der Waals surface area contributed by atoms with Gasteiger partial charge in [0.1, 0.15) is 11.3 Å². The van der Waals surface area contributed by atoms with Gasteiger partial charge in [0.25, 0.3) is 0 Å². The first-order chi connectivity index (χ1) is 11.5. The van der Waals surface area contributed by atoms with Gasteiger partial charge in [-0.1, -0.05) is 0 Å². The smallest absolute Gasteiger partial charge is 0.152 e. The molecule has 130 valence electrons. The zero-order valence-corrected chi connectivity index (χ0v) is 13.6. The molecule has 0 saturated carbocycles. The Morgan fingerprint density at radius 1 is 1.33 bits per heavy atom. The van der Waals surface area contributed by atoms with E-state index < -0.39 is 17.7 Å². The normalized spacial score (nSPS) is 17.2. The molecule has 5 nitrogen and oxygen atoms in total. The maximum atomic E-state index is 13.9. The number of aromatic nitrogens is 1. The standard InChI is InChI=1S/C17H21F2N3O2/c1-21(10-13(23)11-22-4-6-24-7-5-22)16-2-3-20-17-14(16)8-12(18)9-15(17)19/h2-3,8-9,13,23H,4-7,10-11H2,1H3. The van der Waals surface area contributed by atoms with Crippen molar-refractivity contribution in [2.24, 2.45) is 0 Å². The number of hydrogen-bond acceptors (Lipinski definition) is 5. The minimum Gasteiger partial charge on any atom is -0.390 e. The summed E-state index contributed by atoms with van der Waals surface area (Å²) in [5.41, 5.74) is 0.767. The number of morpholine rings is 1. The lowest BCUT2D eigenvalue weighted by atomic mass is 10.1. The van der Waals surface area contributed by atoms with Crippen LogP contribution in [0.5, 0.6) is 0 Å². The van der Waals surface area contributed by atoms with Gasteiger partial charge in [0, 0.05) is 56.6 Å². The monoisotopic (exact) mass is 337 g/mol. The molecule has 3 rings (SSSR count). The van der Waals surface area contributed by atoms with Crippen LogP contribution in [0.2, 0.25) is 0 Å². The van der Waals surface area contributed by atoms with E-state index in [0.717, 1.165) is 19.2 Å². The minimum atomic E-state index is -0.686. The summed E-state index contributed by atoms with van der Waals surface area (Å²) in [5.74, 6) is -1.33. The Kier molecular flexibility index (Phi) is 5.23. The summed E-state index contributed by atoms with van der Waals surface area (Å²) in [6.45, 7) is 3.85. The average Bonchev–Trinajstić information content (AvgIpc) is 2.55. The Hall–Kier alpha value is -1.83. The van der Waals surface area contributed by atoms with Crippen LogP contribution in [0.15, 0.2) is 24.4 Å². The number of rotatable bonds is 5. The minimum absolute atomic E-state index is 0.128. The van der Waals surface area contributed by atoms with Crippen LogP contribution in [0.3, 0.4) is 0 Å². The molecular formula is C17H21F2N3O2.